The number of aryl methyl sites for hydroxylation is 1. The maximum atomic E-state index is 11.4. The molecule has 1 heterocycles. The number of nitrogen functional groups attached to an aromatic ring is 1. The van der Waals surface area contributed by atoms with Gasteiger partial charge in [0.2, 0.25) is 11.8 Å². The van der Waals surface area contributed by atoms with Crippen LogP contribution in [0.5, 0.6) is 0 Å². The number of nitrogens with zero attached hydrogens (tertiary/aromatic N) is 1. The predicted octanol–water partition coefficient (Wildman–Crippen LogP) is 1.35. The lowest BCUT2D eigenvalue weighted by Crippen LogP contribution is -2.30. The van der Waals surface area contributed by atoms with Gasteiger partial charge in [-0.25, -0.2) is 0 Å². The van der Waals surface area contributed by atoms with Crippen LogP contribution in [0.1, 0.15) is 24.8 Å². The van der Waals surface area contributed by atoms with Gasteiger partial charge in [0.05, 0.1) is 0 Å². The van der Waals surface area contributed by atoms with Crippen LogP contribution in [0.25, 0.3) is 0 Å². The Bertz CT molecular complexity index is 427. The molecule has 1 aliphatic heterocycles. The summed E-state index contributed by atoms with van der Waals surface area (Å²) in [6.07, 6.45) is 2.37. The summed E-state index contributed by atoms with van der Waals surface area (Å²) in [5, 5.41) is 0. The van der Waals surface area contributed by atoms with E-state index in [1.807, 2.05) is 24.3 Å². The maximum absolute atomic E-state index is 11.4. The Morgan fingerprint density at radius 3 is 2.53 bits per heavy atom. The van der Waals surface area contributed by atoms with E-state index in [-0.39, 0.29) is 11.8 Å². The second-order valence-corrected chi connectivity index (χ2v) is 4.29. The van der Waals surface area contributed by atoms with E-state index in [1.165, 1.54) is 4.90 Å². The van der Waals surface area contributed by atoms with Crippen LogP contribution in [0.4, 0.5) is 5.69 Å². The summed E-state index contributed by atoms with van der Waals surface area (Å²) in [6.45, 7) is 0.520. The number of amides is 2. The van der Waals surface area contributed by atoms with Gasteiger partial charge in [-0.1, -0.05) is 12.1 Å². The SMILES string of the molecule is Nc1cccc(CCCN2C(=O)CCC2=O)c1. The van der Waals surface area contributed by atoms with Gasteiger partial charge in [-0.15, -0.1) is 0 Å². The molecule has 0 unspecified atom stereocenters. The molecule has 4 heteroatoms. The maximum Gasteiger partial charge on any atom is 0.229 e. The first kappa shape index (κ1) is 11.6. The number of rotatable bonds is 4. The van der Waals surface area contributed by atoms with Crippen LogP contribution in [0, 0.1) is 0 Å². The molecule has 90 valence electrons. The topological polar surface area (TPSA) is 63.4 Å². The lowest BCUT2D eigenvalue weighted by atomic mass is 10.1. The number of hydrogen-bond donors (Lipinski definition) is 1. The standard InChI is InChI=1S/C13H16N2O2/c14-11-5-1-3-10(9-11)4-2-8-15-12(16)6-7-13(15)17/h1,3,5,9H,2,4,6-8,14H2. The smallest absolute Gasteiger partial charge is 0.229 e. The Kier molecular flexibility index (Phi) is 3.42. The van der Waals surface area contributed by atoms with Crippen molar-refractivity contribution in [1.82, 2.24) is 4.90 Å². The number of nitrogens with two attached hydrogens (primary N) is 1. The van der Waals surface area contributed by atoms with Crippen molar-refractivity contribution in [3.8, 4) is 0 Å². The normalized spacial score (nSPS) is 15.6. The van der Waals surface area contributed by atoms with Crippen LogP contribution < -0.4 is 5.73 Å². The first-order valence-electron chi connectivity index (χ1n) is 5.84. The number of anilines is 1. The van der Waals surface area contributed by atoms with Crippen molar-refractivity contribution >= 4 is 17.5 Å². The third kappa shape index (κ3) is 2.84. The van der Waals surface area contributed by atoms with E-state index < -0.39 is 0 Å². The Morgan fingerprint density at radius 1 is 1.18 bits per heavy atom. The molecule has 0 aliphatic carbocycles. The molecule has 0 spiro atoms. The molecular formula is C13H16N2O2. The van der Waals surface area contributed by atoms with E-state index >= 15 is 0 Å². The minimum Gasteiger partial charge on any atom is -0.399 e. The highest BCUT2D eigenvalue weighted by molar-refractivity contribution is 6.01. The molecule has 0 radical (unpaired) electrons. The zero-order valence-electron chi connectivity index (χ0n) is 9.69. The quantitative estimate of drug-likeness (QED) is 0.629. The lowest BCUT2D eigenvalue weighted by Gasteiger charge is -2.13. The van der Waals surface area contributed by atoms with E-state index in [4.69, 9.17) is 5.73 Å². The van der Waals surface area contributed by atoms with Gasteiger partial charge in [0, 0.05) is 25.1 Å². The molecule has 0 aromatic heterocycles. The van der Waals surface area contributed by atoms with Crippen LogP contribution in [-0.2, 0) is 16.0 Å². The highest BCUT2D eigenvalue weighted by Gasteiger charge is 2.27. The number of carbonyl (C=O) groups excluding carboxylic acids is 2. The van der Waals surface area contributed by atoms with Crippen LogP contribution in [-0.4, -0.2) is 23.3 Å². The average Bonchev–Trinajstić information content (AvgIpc) is 2.61. The van der Waals surface area contributed by atoms with E-state index in [1.54, 1.807) is 0 Å². The Balaban J connectivity index is 1.83. The summed E-state index contributed by atoms with van der Waals surface area (Å²) in [7, 11) is 0. The first-order chi connectivity index (χ1) is 8.16. The largest absolute Gasteiger partial charge is 0.399 e. The number of hydrogen-bond acceptors (Lipinski definition) is 3. The fourth-order valence-electron chi connectivity index (χ4n) is 2.06. The fraction of sp³-hybridized carbons (Fsp3) is 0.385. The molecule has 0 atom stereocenters. The number of likely N-dealkylation sites (tertiary alicyclic amines) is 1. The Hall–Kier alpha value is -1.84. The molecule has 2 N–H and O–H groups in total. The van der Waals surface area contributed by atoms with E-state index in [0.29, 0.717) is 19.4 Å². The van der Waals surface area contributed by atoms with Crippen LogP contribution in [0.15, 0.2) is 24.3 Å². The zero-order chi connectivity index (χ0) is 12.3. The third-order valence-corrected chi connectivity index (χ3v) is 2.95. The van der Waals surface area contributed by atoms with Gasteiger partial charge in [0.15, 0.2) is 0 Å². The van der Waals surface area contributed by atoms with Crippen LogP contribution >= 0.6 is 0 Å². The molecule has 4 nitrogen and oxygen atoms in total. The molecule has 2 rings (SSSR count). The second kappa shape index (κ2) is 4.99. The van der Waals surface area contributed by atoms with Crippen molar-refractivity contribution in [2.75, 3.05) is 12.3 Å². The number of benzene rings is 1. The van der Waals surface area contributed by atoms with Gasteiger partial charge >= 0.3 is 0 Å². The first-order valence-corrected chi connectivity index (χ1v) is 5.84. The fourth-order valence-corrected chi connectivity index (χ4v) is 2.06. The molecule has 0 bridgehead atoms. The van der Waals surface area contributed by atoms with E-state index in [2.05, 4.69) is 0 Å². The minimum atomic E-state index is -0.0393. The molecule has 0 saturated carbocycles. The van der Waals surface area contributed by atoms with E-state index in [9.17, 15) is 9.59 Å². The Labute approximate surface area is 100 Å². The molecule has 1 fully saturated rings. The second-order valence-electron chi connectivity index (χ2n) is 4.29. The van der Waals surface area contributed by atoms with Gasteiger partial charge in [-0.2, -0.15) is 0 Å². The molecule has 1 aromatic carbocycles. The molecule has 1 saturated heterocycles. The van der Waals surface area contributed by atoms with Crippen molar-refractivity contribution in [2.45, 2.75) is 25.7 Å². The van der Waals surface area contributed by atoms with Gasteiger partial charge in [0.25, 0.3) is 0 Å². The van der Waals surface area contributed by atoms with Gasteiger partial charge in [-0.3, -0.25) is 14.5 Å². The van der Waals surface area contributed by atoms with Gasteiger partial charge in [0.1, 0.15) is 0 Å². The van der Waals surface area contributed by atoms with E-state index in [0.717, 1.165) is 24.1 Å². The van der Waals surface area contributed by atoms with Crippen molar-refractivity contribution in [3.05, 3.63) is 29.8 Å². The summed E-state index contributed by atoms with van der Waals surface area (Å²) >= 11 is 0. The monoisotopic (exact) mass is 232 g/mol. The zero-order valence-corrected chi connectivity index (χ0v) is 9.69. The molecular weight excluding hydrogens is 216 g/mol. The summed E-state index contributed by atoms with van der Waals surface area (Å²) in [4.78, 5) is 24.1. The molecule has 1 aromatic rings. The van der Waals surface area contributed by atoms with Crippen LogP contribution in [0.2, 0.25) is 0 Å². The highest BCUT2D eigenvalue weighted by atomic mass is 16.2. The highest BCUT2D eigenvalue weighted by Crippen LogP contribution is 2.14. The van der Waals surface area contributed by atoms with Crippen molar-refractivity contribution in [1.29, 1.82) is 0 Å². The number of imide groups is 1. The molecule has 17 heavy (non-hydrogen) atoms. The van der Waals surface area contributed by atoms with Crippen molar-refractivity contribution in [2.24, 2.45) is 0 Å². The predicted molar refractivity (Wildman–Crippen MR) is 65.1 cm³/mol. The summed E-state index contributed by atoms with van der Waals surface area (Å²) in [5.41, 5.74) is 7.57. The summed E-state index contributed by atoms with van der Waals surface area (Å²) in [5.74, 6) is -0.0786. The van der Waals surface area contributed by atoms with Crippen molar-refractivity contribution < 1.29 is 9.59 Å². The minimum absolute atomic E-state index is 0.0393. The van der Waals surface area contributed by atoms with Gasteiger partial charge < -0.3 is 5.73 Å². The number of carbonyl (C=O) groups is 2. The molecule has 1 aliphatic rings. The molecule has 2 amide bonds. The van der Waals surface area contributed by atoms with Gasteiger partial charge in [-0.05, 0) is 30.5 Å². The third-order valence-electron chi connectivity index (χ3n) is 2.95. The summed E-state index contributed by atoms with van der Waals surface area (Å²) in [6, 6.07) is 7.69. The lowest BCUT2D eigenvalue weighted by molar-refractivity contribution is -0.138. The Morgan fingerprint density at radius 2 is 1.88 bits per heavy atom. The van der Waals surface area contributed by atoms with Crippen LogP contribution in [0.3, 0.4) is 0 Å². The van der Waals surface area contributed by atoms with Crippen molar-refractivity contribution in [3.63, 3.8) is 0 Å². The summed E-state index contributed by atoms with van der Waals surface area (Å²) < 4.78 is 0. The average molecular weight is 232 g/mol.